The van der Waals surface area contributed by atoms with Crippen LogP contribution in [0.25, 0.3) is 5.52 Å². The van der Waals surface area contributed by atoms with Crippen molar-refractivity contribution in [3.8, 4) is 0 Å². The van der Waals surface area contributed by atoms with Gasteiger partial charge in [0.05, 0.1) is 11.8 Å². The molecule has 0 saturated carbocycles. The van der Waals surface area contributed by atoms with Gasteiger partial charge in [0, 0.05) is 43.6 Å². The Balaban J connectivity index is 1.40. The van der Waals surface area contributed by atoms with Crippen LogP contribution in [0.2, 0.25) is 0 Å². The largest absolute Gasteiger partial charge is 0.381 e. The molecule has 0 bridgehead atoms. The molecule has 3 aromatic heterocycles. The number of nitrogens with zero attached hydrogens (tertiary/aromatic N) is 4. The average molecular weight is 303 g/mol. The van der Waals surface area contributed by atoms with Crippen molar-refractivity contribution in [3.05, 3.63) is 84.7 Å². The van der Waals surface area contributed by atoms with E-state index in [-0.39, 0.29) is 0 Å². The summed E-state index contributed by atoms with van der Waals surface area (Å²) in [6.07, 6.45) is 9.40. The number of benzene rings is 1. The Kier molecular flexibility index (Phi) is 3.52. The Labute approximate surface area is 134 Å². The highest BCUT2D eigenvalue weighted by atomic mass is 15.2. The number of nitrogens with one attached hydrogen (secondary N) is 1. The summed E-state index contributed by atoms with van der Waals surface area (Å²) in [5.41, 5.74) is 4.72. The molecule has 0 unspecified atom stereocenters. The van der Waals surface area contributed by atoms with Gasteiger partial charge in [0.2, 0.25) is 0 Å². The van der Waals surface area contributed by atoms with Gasteiger partial charge in [0.15, 0.2) is 0 Å². The topological polar surface area (TPSA) is 47.2 Å². The Morgan fingerprint density at radius 3 is 2.65 bits per heavy atom. The molecule has 5 nitrogen and oxygen atoms in total. The molecule has 4 rings (SSSR count). The Morgan fingerprint density at radius 1 is 0.913 bits per heavy atom. The third-order valence-electron chi connectivity index (χ3n) is 3.84. The number of aromatic nitrogens is 4. The van der Waals surface area contributed by atoms with Gasteiger partial charge in [0.1, 0.15) is 0 Å². The lowest BCUT2D eigenvalue weighted by Gasteiger charge is -2.08. The summed E-state index contributed by atoms with van der Waals surface area (Å²) in [4.78, 5) is 4.06. The maximum atomic E-state index is 4.21. The van der Waals surface area contributed by atoms with E-state index in [1.165, 1.54) is 11.1 Å². The molecule has 1 N–H and O–H groups in total. The van der Waals surface area contributed by atoms with Gasteiger partial charge >= 0.3 is 0 Å². The summed E-state index contributed by atoms with van der Waals surface area (Å²) in [7, 11) is 0. The fourth-order valence-corrected chi connectivity index (χ4v) is 2.60. The van der Waals surface area contributed by atoms with Crippen molar-refractivity contribution < 1.29 is 0 Å². The molecule has 1 aromatic carbocycles. The Hall–Kier alpha value is -3.08. The highest BCUT2D eigenvalue weighted by molar-refractivity contribution is 5.49. The first kappa shape index (κ1) is 13.6. The van der Waals surface area contributed by atoms with Gasteiger partial charge in [-0.05, 0) is 41.5 Å². The van der Waals surface area contributed by atoms with Crippen molar-refractivity contribution in [1.82, 2.24) is 19.2 Å². The maximum Gasteiger partial charge on any atom is 0.0949 e. The van der Waals surface area contributed by atoms with E-state index in [0.29, 0.717) is 0 Å². The summed E-state index contributed by atoms with van der Waals surface area (Å²) < 4.78 is 3.93. The predicted molar refractivity (Wildman–Crippen MR) is 90.3 cm³/mol. The zero-order valence-corrected chi connectivity index (χ0v) is 12.6. The molecule has 0 spiro atoms. The first-order valence-electron chi connectivity index (χ1n) is 7.58. The second-order valence-corrected chi connectivity index (χ2v) is 5.52. The van der Waals surface area contributed by atoms with E-state index >= 15 is 0 Å². The van der Waals surface area contributed by atoms with Crippen LogP contribution in [0.4, 0.5) is 5.69 Å². The molecule has 0 saturated heterocycles. The molecule has 3 heterocycles. The molecule has 0 amide bonds. The van der Waals surface area contributed by atoms with Gasteiger partial charge in [0.25, 0.3) is 0 Å². The molecular formula is C18H17N5. The number of pyridine rings is 1. The Morgan fingerprint density at radius 2 is 1.83 bits per heavy atom. The number of hydrogen-bond donors (Lipinski definition) is 1. The van der Waals surface area contributed by atoms with Crippen molar-refractivity contribution in [2.75, 3.05) is 5.32 Å². The van der Waals surface area contributed by atoms with Gasteiger partial charge in [-0.15, -0.1) is 0 Å². The average Bonchev–Trinajstić information content (AvgIpc) is 3.25. The number of anilines is 1. The van der Waals surface area contributed by atoms with Crippen molar-refractivity contribution in [1.29, 1.82) is 0 Å². The molecule has 4 aromatic rings. The van der Waals surface area contributed by atoms with E-state index in [1.54, 1.807) is 6.20 Å². The van der Waals surface area contributed by atoms with E-state index in [0.717, 1.165) is 24.3 Å². The van der Waals surface area contributed by atoms with Gasteiger partial charge in [-0.3, -0.25) is 0 Å². The molecule has 0 aliphatic carbocycles. The van der Waals surface area contributed by atoms with Crippen LogP contribution in [0.15, 0.2) is 73.6 Å². The molecule has 23 heavy (non-hydrogen) atoms. The fourth-order valence-electron chi connectivity index (χ4n) is 2.60. The van der Waals surface area contributed by atoms with Crippen LogP contribution in [0, 0.1) is 0 Å². The van der Waals surface area contributed by atoms with Crippen LogP contribution >= 0.6 is 0 Å². The number of imidazole rings is 1. The van der Waals surface area contributed by atoms with Crippen molar-refractivity contribution in [3.63, 3.8) is 0 Å². The quantitative estimate of drug-likeness (QED) is 0.616. The molecule has 114 valence electrons. The molecular weight excluding hydrogens is 286 g/mol. The number of hydrogen-bond acceptors (Lipinski definition) is 3. The summed E-state index contributed by atoms with van der Waals surface area (Å²) >= 11 is 0. The third-order valence-corrected chi connectivity index (χ3v) is 3.84. The van der Waals surface area contributed by atoms with Gasteiger partial charge in [-0.2, -0.15) is 5.10 Å². The summed E-state index contributed by atoms with van der Waals surface area (Å²) in [5.74, 6) is 0. The Bertz CT molecular complexity index is 891. The van der Waals surface area contributed by atoms with Crippen molar-refractivity contribution in [2.24, 2.45) is 0 Å². The summed E-state index contributed by atoms with van der Waals surface area (Å²) in [5, 5.41) is 7.66. The van der Waals surface area contributed by atoms with Crippen LogP contribution in [0.3, 0.4) is 0 Å². The summed E-state index contributed by atoms with van der Waals surface area (Å²) in [6.45, 7) is 1.64. The van der Waals surface area contributed by atoms with Crippen LogP contribution in [-0.4, -0.2) is 19.2 Å². The van der Waals surface area contributed by atoms with E-state index in [4.69, 9.17) is 0 Å². The molecule has 0 atom stereocenters. The van der Waals surface area contributed by atoms with Crippen LogP contribution in [0.5, 0.6) is 0 Å². The first-order chi connectivity index (χ1) is 11.4. The molecule has 5 heteroatoms. The monoisotopic (exact) mass is 303 g/mol. The fraction of sp³-hybridized carbons (Fsp3) is 0.111. The highest BCUT2D eigenvalue weighted by Gasteiger charge is 1.99. The van der Waals surface area contributed by atoms with Crippen LogP contribution in [0.1, 0.15) is 11.1 Å². The van der Waals surface area contributed by atoms with E-state index < -0.39 is 0 Å². The lowest BCUT2D eigenvalue weighted by molar-refractivity contribution is 0.797. The van der Waals surface area contributed by atoms with Gasteiger partial charge in [-0.25, -0.2) is 9.50 Å². The SMILES string of the molecule is c1cn(Cc2ccc(NCc3ccn4nccc4c3)cc2)cn1. The minimum atomic E-state index is 0.794. The second kappa shape index (κ2) is 5.96. The zero-order chi connectivity index (χ0) is 15.5. The first-order valence-corrected chi connectivity index (χ1v) is 7.58. The highest BCUT2D eigenvalue weighted by Crippen LogP contribution is 2.13. The van der Waals surface area contributed by atoms with E-state index in [2.05, 4.69) is 56.4 Å². The molecule has 0 aliphatic heterocycles. The van der Waals surface area contributed by atoms with Crippen LogP contribution in [-0.2, 0) is 13.1 Å². The summed E-state index contributed by atoms with van der Waals surface area (Å²) in [6, 6.07) is 14.8. The van der Waals surface area contributed by atoms with Crippen molar-refractivity contribution >= 4 is 11.2 Å². The van der Waals surface area contributed by atoms with Gasteiger partial charge in [-0.1, -0.05) is 12.1 Å². The molecule has 0 aliphatic rings. The molecule has 0 fully saturated rings. The van der Waals surface area contributed by atoms with Crippen LogP contribution < -0.4 is 5.32 Å². The van der Waals surface area contributed by atoms with E-state index in [1.807, 2.05) is 35.5 Å². The predicted octanol–water partition coefficient (Wildman–Crippen LogP) is 3.19. The smallest absolute Gasteiger partial charge is 0.0949 e. The van der Waals surface area contributed by atoms with E-state index in [9.17, 15) is 0 Å². The minimum absolute atomic E-state index is 0.794. The third kappa shape index (κ3) is 3.08. The normalized spacial score (nSPS) is 11.0. The number of rotatable bonds is 5. The lowest BCUT2D eigenvalue weighted by atomic mass is 10.2. The minimum Gasteiger partial charge on any atom is -0.381 e. The maximum absolute atomic E-state index is 4.21. The number of fused-ring (bicyclic) bond motifs is 1. The van der Waals surface area contributed by atoms with Gasteiger partial charge < -0.3 is 9.88 Å². The zero-order valence-electron chi connectivity index (χ0n) is 12.6. The standard InChI is InChI=1S/C18H17N5/c1-3-17(4-2-15(1)13-22-10-8-19-14-22)20-12-16-6-9-23-18(11-16)5-7-21-23/h1-11,14,20H,12-13H2. The van der Waals surface area contributed by atoms with Crippen molar-refractivity contribution in [2.45, 2.75) is 13.1 Å². The second-order valence-electron chi connectivity index (χ2n) is 5.52. The lowest BCUT2D eigenvalue weighted by Crippen LogP contribution is -2.01. The molecule has 0 radical (unpaired) electrons.